The fourth-order valence-electron chi connectivity index (χ4n) is 3.66. The van der Waals surface area contributed by atoms with Crippen LogP contribution in [-0.2, 0) is 19.5 Å². The molecule has 2 aliphatic heterocycles. The number of fused-ring (bicyclic) bond motifs is 3. The summed E-state index contributed by atoms with van der Waals surface area (Å²) in [5.41, 5.74) is 0.798. The van der Waals surface area contributed by atoms with Gasteiger partial charge in [-0.15, -0.1) is 0 Å². The van der Waals surface area contributed by atoms with E-state index in [1.165, 1.54) is 13.2 Å². The van der Waals surface area contributed by atoms with E-state index in [4.69, 9.17) is 14.2 Å². The van der Waals surface area contributed by atoms with E-state index in [0.29, 0.717) is 12.4 Å². The molecule has 0 unspecified atom stereocenters. The van der Waals surface area contributed by atoms with E-state index in [9.17, 15) is 17.6 Å². The monoisotopic (exact) mass is 485 g/mol. The van der Waals surface area contributed by atoms with Gasteiger partial charge in [-0.2, -0.15) is 0 Å². The van der Waals surface area contributed by atoms with Gasteiger partial charge in [0.05, 0.1) is 18.9 Å². The Bertz CT molecular complexity index is 1090. The van der Waals surface area contributed by atoms with Gasteiger partial charge in [-0.3, -0.25) is 4.72 Å². The number of carbonyl (C=O) groups is 1. The van der Waals surface area contributed by atoms with Crippen molar-refractivity contribution in [3.8, 4) is 5.75 Å². The van der Waals surface area contributed by atoms with Gasteiger partial charge in [0.1, 0.15) is 28.6 Å². The molecule has 10 heteroatoms. The van der Waals surface area contributed by atoms with Crippen molar-refractivity contribution in [3.05, 3.63) is 51.7 Å². The minimum atomic E-state index is -4.12. The summed E-state index contributed by atoms with van der Waals surface area (Å²) < 4.78 is 57.8. The molecular formula is C19H17BrFNO6S. The van der Waals surface area contributed by atoms with Crippen LogP contribution in [0.3, 0.4) is 0 Å². The Hall–Kier alpha value is -2.17. The van der Waals surface area contributed by atoms with E-state index < -0.39 is 21.8 Å². The summed E-state index contributed by atoms with van der Waals surface area (Å²) in [5, 5.41) is 0. The van der Waals surface area contributed by atoms with Crippen molar-refractivity contribution in [2.75, 3.05) is 25.0 Å². The molecule has 1 fully saturated rings. The van der Waals surface area contributed by atoms with Gasteiger partial charge in [-0.25, -0.2) is 17.6 Å². The number of esters is 1. The third kappa shape index (κ3) is 3.60. The van der Waals surface area contributed by atoms with Gasteiger partial charge in [0.15, 0.2) is 0 Å². The number of nitrogens with one attached hydrogen (secondary N) is 1. The van der Waals surface area contributed by atoms with Crippen LogP contribution in [0, 0.1) is 5.82 Å². The Balaban J connectivity index is 1.79. The highest BCUT2D eigenvalue weighted by Crippen LogP contribution is 2.45. The van der Waals surface area contributed by atoms with Gasteiger partial charge in [-0.05, 0) is 46.6 Å². The largest absolute Gasteiger partial charge is 0.490 e. The van der Waals surface area contributed by atoms with E-state index in [2.05, 4.69) is 20.7 Å². The van der Waals surface area contributed by atoms with Crippen molar-refractivity contribution in [2.45, 2.75) is 23.3 Å². The van der Waals surface area contributed by atoms with E-state index >= 15 is 0 Å². The van der Waals surface area contributed by atoms with Crippen LogP contribution in [0.25, 0.3) is 0 Å². The number of hydrogen-bond acceptors (Lipinski definition) is 6. The first-order valence-corrected chi connectivity index (χ1v) is 11.1. The first kappa shape index (κ1) is 20.1. The minimum Gasteiger partial charge on any atom is -0.490 e. The number of rotatable bonds is 4. The van der Waals surface area contributed by atoms with Crippen LogP contribution < -0.4 is 9.46 Å². The molecule has 0 spiro atoms. The molecule has 1 saturated heterocycles. The Labute approximate surface area is 175 Å². The maximum atomic E-state index is 13.3. The van der Waals surface area contributed by atoms with Crippen LogP contribution in [0.15, 0.2) is 39.7 Å². The number of sulfonamides is 1. The maximum absolute atomic E-state index is 13.3. The van der Waals surface area contributed by atoms with Crippen LogP contribution in [0.1, 0.15) is 28.3 Å². The smallest absolute Gasteiger partial charge is 0.343 e. The molecule has 0 amide bonds. The van der Waals surface area contributed by atoms with Crippen molar-refractivity contribution in [1.82, 2.24) is 0 Å². The standard InChI is InChI=1S/C19H17BrFNO6S/c1-26-19(23)17-14(22-29(24,25)16-5-2-10(21)8-13(16)20)4-3-12-11-6-7-27-15(11)9-28-18(12)17/h2-5,8,11,15,22H,6-7,9H2,1H3/t11-,15+/m1/s1. The number of benzene rings is 2. The molecule has 0 radical (unpaired) electrons. The molecule has 7 nitrogen and oxygen atoms in total. The molecule has 0 bridgehead atoms. The van der Waals surface area contributed by atoms with Gasteiger partial charge >= 0.3 is 5.97 Å². The summed E-state index contributed by atoms with van der Waals surface area (Å²) in [6.07, 6.45) is 0.695. The van der Waals surface area contributed by atoms with Gasteiger partial charge < -0.3 is 14.2 Å². The van der Waals surface area contributed by atoms with Gasteiger partial charge in [-0.1, -0.05) is 6.07 Å². The predicted octanol–water partition coefficient (Wildman–Crippen LogP) is 3.44. The minimum absolute atomic E-state index is 0.00263. The maximum Gasteiger partial charge on any atom is 0.343 e. The van der Waals surface area contributed by atoms with Gasteiger partial charge in [0.25, 0.3) is 10.0 Å². The molecule has 0 aliphatic carbocycles. The Kier molecular flexibility index (Phi) is 5.26. The Morgan fingerprint density at radius 1 is 1.31 bits per heavy atom. The highest BCUT2D eigenvalue weighted by molar-refractivity contribution is 9.10. The summed E-state index contributed by atoms with van der Waals surface area (Å²) in [4.78, 5) is 12.3. The van der Waals surface area contributed by atoms with Crippen molar-refractivity contribution in [1.29, 1.82) is 0 Å². The van der Waals surface area contributed by atoms with E-state index in [1.54, 1.807) is 6.07 Å². The summed E-state index contributed by atoms with van der Waals surface area (Å²) in [7, 11) is -2.91. The molecule has 2 aromatic rings. The molecule has 0 saturated carbocycles. The highest BCUT2D eigenvalue weighted by atomic mass is 79.9. The van der Waals surface area contributed by atoms with E-state index in [0.717, 1.165) is 30.2 Å². The predicted molar refractivity (Wildman–Crippen MR) is 105 cm³/mol. The first-order chi connectivity index (χ1) is 13.8. The van der Waals surface area contributed by atoms with Crippen molar-refractivity contribution < 1.29 is 31.8 Å². The number of anilines is 1. The summed E-state index contributed by atoms with van der Waals surface area (Å²) in [5.74, 6) is -0.947. The van der Waals surface area contributed by atoms with Crippen LogP contribution >= 0.6 is 15.9 Å². The summed E-state index contributed by atoms with van der Waals surface area (Å²) >= 11 is 3.06. The molecule has 2 aromatic carbocycles. The zero-order valence-corrected chi connectivity index (χ0v) is 17.7. The van der Waals surface area contributed by atoms with Crippen LogP contribution in [0.4, 0.5) is 10.1 Å². The van der Waals surface area contributed by atoms with Crippen LogP contribution in [-0.4, -0.2) is 40.8 Å². The lowest BCUT2D eigenvalue weighted by Gasteiger charge is -2.29. The topological polar surface area (TPSA) is 90.9 Å². The molecule has 154 valence electrons. The number of hydrogen-bond donors (Lipinski definition) is 1. The summed E-state index contributed by atoms with van der Waals surface area (Å²) in [6.45, 7) is 0.861. The quantitative estimate of drug-likeness (QED) is 0.667. The third-order valence-corrected chi connectivity index (χ3v) is 7.35. The zero-order chi connectivity index (χ0) is 20.8. The lowest BCUT2D eigenvalue weighted by molar-refractivity contribution is 0.0469. The SMILES string of the molecule is COC(=O)c1c(NS(=O)(=O)c2ccc(F)cc2Br)ccc2c1OC[C@@H]1OCC[C@H]21. The van der Waals surface area contributed by atoms with Crippen LogP contribution in [0.2, 0.25) is 0 Å². The second-order valence-corrected chi connectivity index (χ2v) is 9.20. The fourth-order valence-corrected chi connectivity index (χ4v) is 5.79. The average molecular weight is 486 g/mol. The fraction of sp³-hybridized carbons (Fsp3) is 0.316. The molecule has 2 atom stereocenters. The number of halogens is 2. The average Bonchev–Trinajstić information content (AvgIpc) is 3.15. The van der Waals surface area contributed by atoms with Crippen molar-refractivity contribution >= 4 is 37.6 Å². The normalized spacial score (nSPS) is 20.4. The summed E-state index contributed by atoms with van der Waals surface area (Å²) in [6, 6.07) is 6.45. The van der Waals surface area contributed by atoms with Crippen molar-refractivity contribution in [2.24, 2.45) is 0 Å². The molecule has 29 heavy (non-hydrogen) atoms. The number of carbonyl (C=O) groups excluding carboxylic acids is 1. The molecule has 2 heterocycles. The molecular weight excluding hydrogens is 469 g/mol. The second-order valence-electron chi connectivity index (χ2n) is 6.69. The van der Waals surface area contributed by atoms with Crippen LogP contribution in [0.5, 0.6) is 5.75 Å². The second kappa shape index (κ2) is 7.58. The molecule has 1 N–H and O–H groups in total. The lowest BCUT2D eigenvalue weighted by atomic mass is 9.88. The Morgan fingerprint density at radius 3 is 2.83 bits per heavy atom. The van der Waals surface area contributed by atoms with E-state index in [-0.39, 0.29) is 39.2 Å². The van der Waals surface area contributed by atoms with Crippen molar-refractivity contribution in [3.63, 3.8) is 0 Å². The van der Waals surface area contributed by atoms with Gasteiger partial charge in [0.2, 0.25) is 0 Å². The number of ether oxygens (including phenoxy) is 3. The molecule has 2 aliphatic rings. The molecule has 0 aromatic heterocycles. The van der Waals surface area contributed by atoms with Gasteiger partial charge in [0, 0.05) is 22.6 Å². The number of methoxy groups -OCH3 is 1. The zero-order valence-electron chi connectivity index (χ0n) is 15.3. The molecule has 4 rings (SSSR count). The Morgan fingerprint density at radius 2 is 2.10 bits per heavy atom. The highest BCUT2D eigenvalue weighted by Gasteiger charge is 2.39. The first-order valence-electron chi connectivity index (χ1n) is 8.79. The van der Waals surface area contributed by atoms with E-state index in [1.807, 2.05) is 0 Å². The third-order valence-electron chi connectivity index (χ3n) is 5.01. The lowest BCUT2D eigenvalue weighted by Crippen LogP contribution is -2.30.